The van der Waals surface area contributed by atoms with Crippen LogP contribution in [-0.2, 0) is 6.54 Å². The first-order valence-corrected chi connectivity index (χ1v) is 6.65. The van der Waals surface area contributed by atoms with E-state index in [2.05, 4.69) is 15.3 Å². The molecular weight excluding hydrogens is 279 g/mol. The Morgan fingerprint density at radius 3 is 2.95 bits per heavy atom. The topological polar surface area (TPSA) is 43.6 Å². The van der Waals surface area contributed by atoms with Crippen LogP contribution in [0.3, 0.4) is 0 Å². The number of hydrogen-bond donors (Lipinski definition) is 0. The van der Waals surface area contributed by atoms with E-state index >= 15 is 0 Å². The lowest BCUT2D eigenvalue weighted by Gasteiger charge is -2.06. The van der Waals surface area contributed by atoms with Gasteiger partial charge in [-0.25, -0.2) is 9.07 Å². The van der Waals surface area contributed by atoms with Crippen molar-refractivity contribution in [2.24, 2.45) is 0 Å². The number of halogens is 2. The first kappa shape index (κ1) is 13.0. The molecule has 1 atom stereocenters. The van der Waals surface area contributed by atoms with Gasteiger partial charge in [-0.1, -0.05) is 11.3 Å². The Bertz CT molecular complexity index is 754. The lowest BCUT2D eigenvalue weighted by atomic mass is 10.1. The zero-order valence-corrected chi connectivity index (χ0v) is 11.5. The van der Waals surface area contributed by atoms with Crippen molar-refractivity contribution in [1.29, 1.82) is 0 Å². The van der Waals surface area contributed by atoms with Crippen molar-refractivity contribution in [3.8, 4) is 0 Å². The molecule has 0 saturated heterocycles. The molecule has 6 heteroatoms. The molecule has 1 aromatic carbocycles. The summed E-state index contributed by atoms with van der Waals surface area (Å²) in [6.07, 6.45) is 3.44. The van der Waals surface area contributed by atoms with E-state index in [-0.39, 0.29) is 11.2 Å². The zero-order chi connectivity index (χ0) is 14.1. The van der Waals surface area contributed by atoms with E-state index in [0.29, 0.717) is 23.1 Å². The van der Waals surface area contributed by atoms with Crippen LogP contribution in [0.4, 0.5) is 4.39 Å². The Balaban J connectivity index is 2.00. The molecule has 0 saturated carbocycles. The zero-order valence-electron chi connectivity index (χ0n) is 10.8. The maximum absolute atomic E-state index is 13.7. The molecule has 1 unspecified atom stereocenters. The van der Waals surface area contributed by atoms with Crippen LogP contribution in [0.5, 0.6) is 0 Å². The second kappa shape index (κ2) is 5.17. The van der Waals surface area contributed by atoms with Crippen LogP contribution in [0.25, 0.3) is 10.9 Å². The fourth-order valence-electron chi connectivity index (χ4n) is 2.07. The molecule has 102 valence electrons. The van der Waals surface area contributed by atoms with Crippen LogP contribution in [0, 0.1) is 5.82 Å². The average molecular weight is 291 g/mol. The van der Waals surface area contributed by atoms with Crippen LogP contribution >= 0.6 is 11.6 Å². The van der Waals surface area contributed by atoms with E-state index in [0.717, 1.165) is 5.56 Å². The van der Waals surface area contributed by atoms with Gasteiger partial charge in [-0.05, 0) is 25.1 Å². The van der Waals surface area contributed by atoms with Crippen LogP contribution < -0.4 is 0 Å². The molecular formula is C14H12ClFN4. The summed E-state index contributed by atoms with van der Waals surface area (Å²) in [5.41, 5.74) is 2.25. The van der Waals surface area contributed by atoms with E-state index in [9.17, 15) is 4.39 Å². The number of rotatable bonds is 3. The number of benzene rings is 1. The lowest BCUT2D eigenvalue weighted by molar-refractivity contribution is 0.633. The van der Waals surface area contributed by atoms with Crippen molar-refractivity contribution in [3.05, 3.63) is 53.7 Å². The number of pyridine rings is 1. The van der Waals surface area contributed by atoms with Crippen LogP contribution in [0.15, 0.2) is 36.7 Å². The SMILES string of the molecule is CC(Cl)c1cn(Cc2ccc(F)c3cccnc23)nn1. The van der Waals surface area contributed by atoms with Crippen LogP contribution in [-0.4, -0.2) is 20.0 Å². The summed E-state index contributed by atoms with van der Waals surface area (Å²) < 4.78 is 15.4. The van der Waals surface area contributed by atoms with Gasteiger partial charge < -0.3 is 0 Å². The minimum Gasteiger partial charge on any atom is -0.256 e. The van der Waals surface area contributed by atoms with Gasteiger partial charge in [0, 0.05) is 17.1 Å². The van der Waals surface area contributed by atoms with Gasteiger partial charge in [0.1, 0.15) is 11.5 Å². The van der Waals surface area contributed by atoms with Crippen LogP contribution in [0.1, 0.15) is 23.6 Å². The van der Waals surface area contributed by atoms with Gasteiger partial charge in [-0.15, -0.1) is 16.7 Å². The van der Waals surface area contributed by atoms with Crippen molar-refractivity contribution in [2.45, 2.75) is 18.8 Å². The highest BCUT2D eigenvalue weighted by atomic mass is 35.5. The normalized spacial score (nSPS) is 12.8. The third-order valence-corrected chi connectivity index (χ3v) is 3.32. The van der Waals surface area contributed by atoms with Crippen molar-refractivity contribution in [2.75, 3.05) is 0 Å². The molecule has 0 fully saturated rings. The van der Waals surface area contributed by atoms with E-state index in [1.54, 1.807) is 35.3 Å². The summed E-state index contributed by atoms with van der Waals surface area (Å²) in [5, 5.41) is 8.34. The van der Waals surface area contributed by atoms with E-state index < -0.39 is 0 Å². The predicted molar refractivity (Wildman–Crippen MR) is 75.1 cm³/mol. The molecule has 2 aromatic heterocycles. The molecule has 0 amide bonds. The third-order valence-electron chi connectivity index (χ3n) is 3.10. The molecule has 4 nitrogen and oxygen atoms in total. The quantitative estimate of drug-likeness (QED) is 0.695. The Kier molecular flexibility index (Phi) is 3.36. The maximum atomic E-state index is 13.7. The van der Waals surface area contributed by atoms with Gasteiger partial charge in [-0.3, -0.25) is 4.98 Å². The number of nitrogens with zero attached hydrogens (tertiary/aromatic N) is 4. The van der Waals surface area contributed by atoms with Gasteiger partial charge in [0.05, 0.1) is 23.6 Å². The van der Waals surface area contributed by atoms with E-state index in [1.807, 2.05) is 6.92 Å². The minimum atomic E-state index is -0.273. The molecule has 0 radical (unpaired) electrons. The number of fused-ring (bicyclic) bond motifs is 1. The fraction of sp³-hybridized carbons (Fsp3) is 0.214. The maximum Gasteiger partial charge on any atom is 0.132 e. The van der Waals surface area contributed by atoms with Gasteiger partial charge >= 0.3 is 0 Å². The lowest BCUT2D eigenvalue weighted by Crippen LogP contribution is -2.02. The standard InChI is InChI=1S/C14H12ClFN4/c1-9(15)13-8-20(19-18-13)7-10-4-5-12(16)11-3-2-6-17-14(10)11/h2-6,8-9H,7H2,1H3. The molecule has 0 aliphatic rings. The molecule has 0 aliphatic heterocycles. The van der Waals surface area contributed by atoms with E-state index in [1.165, 1.54) is 6.07 Å². The summed E-state index contributed by atoms with van der Waals surface area (Å²) in [6.45, 7) is 2.31. The molecule has 3 rings (SSSR count). The van der Waals surface area contributed by atoms with Gasteiger partial charge in [0.2, 0.25) is 0 Å². The van der Waals surface area contributed by atoms with Gasteiger partial charge in [0.25, 0.3) is 0 Å². The summed E-state index contributed by atoms with van der Waals surface area (Å²) in [7, 11) is 0. The molecule has 0 N–H and O–H groups in total. The third kappa shape index (κ3) is 2.36. The fourth-order valence-corrected chi connectivity index (χ4v) is 2.17. The monoisotopic (exact) mass is 290 g/mol. The largest absolute Gasteiger partial charge is 0.256 e. The molecule has 20 heavy (non-hydrogen) atoms. The molecule has 3 aromatic rings. The second-order valence-corrected chi connectivity index (χ2v) is 5.22. The molecule has 0 bridgehead atoms. The Morgan fingerprint density at radius 1 is 1.35 bits per heavy atom. The Labute approximate surface area is 120 Å². The van der Waals surface area contributed by atoms with Crippen molar-refractivity contribution < 1.29 is 4.39 Å². The highest BCUT2D eigenvalue weighted by molar-refractivity contribution is 6.20. The van der Waals surface area contributed by atoms with Gasteiger partial charge in [0.15, 0.2) is 0 Å². The van der Waals surface area contributed by atoms with Crippen LogP contribution in [0.2, 0.25) is 0 Å². The summed E-state index contributed by atoms with van der Waals surface area (Å²) in [4.78, 5) is 4.25. The number of hydrogen-bond acceptors (Lipinski definition) is 3. The van der Waals surface area contributed by atoms with Gasteiger partial charge in [-0.2, -0.15) is 0 Å². The number of alkyl halides is 1. The summed E-state index contributed by atoms with van der Waals surface area (Å²) >= 11 is 5.96. The average Bonchev–Trinajstić information content (AvgIpc) is 2.91. The Morgan fingerprint density at radius 2 is 2.20 bits per heavy atom. The van der Waals surface area contributed by atoms with Crippen molar-refractivity contribution >= 4 is 22.5 Å². The van der Waals surface area contributed by atoms with Crippen molar-refractivity contribution in [3.63, 3.8) is 0 Å². The second-order valence-electron chi connectivity index (χ2n) is 4.56. The smallest absolute Gasteiger partial charge is 0.132 e. The van der Waals surface area contributed by atoms with E-state index in [4.69, 9.17) is 11.6 Å². The first-order chi connectivity index (χ1) is 9.65. The molecule has 2 heterocycles. The number of aromatic nitrogens is 4. The highest BCUT2D eigenvalue weighted by Crippen LogP contribution is 2.21. The molecule has 0 spiro atoms. The molecule has 0 aliphatic carbocycles. The Hall–Kier alpha value is -2.01. The van der Waals surface area contributed by atoms with Crippen molar-refractivity contribution in [1.82, 2.24) is 20.0 Å². The predicted octanol–water partition coefficient (Wildman–Crippen LogP) is 3.31. The summed E-state index contributed by atoms with van der Waals surface area (Å²) in [5.74, 6) is -0.273. The first-order valence-electron chi connectivity index (χ1n) is 6.21. The summed E-state index contributed by atoms with van der Waals surface area (Å²) in [6, 6.07) is 6.60. The highest BCUT2D eigenvalue weighted by Gasteiger charge is 2.10. The minimum absolute atomic E-state index is 0.188.